The van der Waals surface area contributed by atoms with Gasteiger partial charge in [-0.3, -0.25) is 4.79 Å². The summed E-state index contributed by atoms with van der Waals surface area (Å²) in [7, 11) is 0. The SMILES string of the molecule is Cc1cc(C(=O)N2CC(N)C2)on1. The van der Waals surface area contributed by atoms with Crippen LogP contribution in [0.4, 0.5) is 0 Å². The Morgan fingerprint density at radius 1 is 1.77 bits per heavy atom. The van der Waals surface area contributed by atoms with Crippen molar-refractivity contribution in [3.05, 3.63) is 17.5 Å². The highest BCUT2D eigenvalue weighted by Crippen LogP contribution is 2.12. The predicted octanol–water partition coefficient (Wildman–Crippen LogP) is -0.234. The average Bonchev–Trinajstić information content (AvgIpc) is 2.45. The molecule has 1 saturated heterocycles. The van der Waals surface area contributed by atoms with Crippen LogP contribution in [0, 0.1) is 6.92 Å². The van der Waals surface area contributed by atoms with Crippen molar-refractivity contribution in [2.24, 2.45) is 5.73 Å². The summed E-state index contributed by atoms with van der Waals surface area (Å²) < 4.78 is 4.84. The van der Waals surface area contributed by atoms with Gasteiger partial charge in [-0.15, -0.1) is 0 Å². The molecule has 0 aliphatic carbocycles. The molecule has 70 valence electrons. The first kappa shape index (κ1) is 8.25. The molecule has 2 rings (SSSR count). The Morgan fingerprint density at radius 2 is 2.46 bits per heavy atom. The number of aryl methyl sites for hydroxylation is 1. The molecule has 1 aromatic rings. The van der Waals surface area contributed by atoms with Crippen molar-refractivity contribution in [3.8, 4) is 0 Å². The lowest BCUT2D eigenvalue weighted by atomic mass is 10.1. The Labute approximate surface area is 75.5 Å². The van der Waals surface area contributed by atoms with Crippen molar-refractivity contribution in [2.45, 2.75) is 13.0 Å². The van der Waals surface area contributed by atoms with Crippen LogP contribution >= 0.6 is 0 Å². The van der Waals surface area contributed by atoms with Crippen LogP contribution in [0.2, 0.25) is 0 Å². The van der Waals surface area contributed by atoms with Gasteiger partial charge in [-0.2, -0.15) is 0 Å². The van der Waals surface area contributed by atoms with Gasteiger partial charge in [0.25, 0.3) is 5.91 Å². The molecule has 1 amide bonds. The molecule has 1 aliphatic rings. The maximum absolute atomic E-state index is 11.5. The molecule has 0 atom stereocenters. The van der Waals surface area contributed by atoms with Gasteiger partial charge in [0.15, 0.2) is 0 Å². The van der Waals surface area contributed by atoms with Crippen LogP contribution in [-0.4, -0.2) is 35.1 Å². The van der Waals surface area contributed by atoms with Crippen LogP contribution in [0.5, 0.6) is 0 Å². The number of carbonyl (C=O) groups is 1. The number of hydrogen-bond acceptors (Lipinski definition) is 4. The van der Waals surface area contributed by atoms with E-state index in [0.717, 1.165) is 0 Å². The van der Waals surface area contributed by atoms with E-state index in [1.54, 1.807) is 17.9 Å². The third-order valence-electron chi connectivity index (χ3n) is 2.04. The van der Waals surface area contributed by atoms with E-state index >= 15 is 0 Å². The molecule has 5 nitrogen and oxygen atoms in total. The van der Waals surface area contributed by atoms with E-state index in [4.69, 9.17) is 10.3 Å². The maximum Gasteiger partial charge on any atom is 0.292 e. The Bertz CT molecular complexity index is 328. The Hall–Kier alpha value is -1.36. The summed E-state index contributed by atoms with van der Waals surface area (Å²) in [4.78, 5) is 13.2. The van der Waals surface area contributed by atoms with Gasteiger partial charge in [0.2, 0.25) is 5.76 Å². The molecule has 0 spiro atoms. The van der Waals surface area contributed by atoms with Gasteiger partial charge >= 0.3 is 0 Å². The van der Waals surface area contributed by atoms with Crippen molar-refractivity contribution in [2.75, 3.05) is 13.1 Å². The zero-order chi connectivity index (χ0) is 9.42. The lowest BCUT2D eigenvalue weighted by molar-refractivity contribution is 0.0565. The summed E-state index contributed by atoms with van der Waals surface area (Å²) in [5, 5.41) is 3.64. The zero-order valence-electron chi connectivity index (χ0n) is 7.36. The van der Waals surface area contributed by atoms with Crippen molar-refractivity contribution in [3.63, 3.8) is 0 Å². The molecule has 0 unspecified atom stereocenters. The van der Waals surface area contributed by atoms with Gasteiger partial charge in [-0.1, -0.05) is 5.16 Å². The first-order chi connectivity index (χ1) is 6.16. The number of aromatic nitrogens is 1. The summed E-state index contributed by atoms with van der Waals surface area (Å²) in [6.45, 7) is 3.00. The molecule has 1 fully saturated rings. The molecule has 13 heavy (non-hydrogen) atoms. The van der Waals surface area contributed by atoms with E-state index in [1.807, 2.05) is 0 Å². The van der Waals surface area contributed by atoms with Crippen molar-refractivity contribution in [1.82, 2.24) is 10.1 Å². The standard InChI is InChI=1S/C8H11N3O2/c1-5-2-7(13-10-5)8(12)11-3-6(9)4-11/h2,6H,3-4,9H2,1H3. The lowest BCUT2D eigenvalue weighted by Gasteiger charge is -2.35. The van der Waals surface area contributed by atoms with Gasteiger partial charge in [0.05, 0.1) is 5.69 Å². The van der Waals surface area contributed by atoms with E-state index in [2.05, 4.69) is 5.16 Å². The number of nitrogens with zero attached hydrogens (tertiary/aromatic N) is 2. The number of amides is 1. The number of rotatable bonds is 1. The fourth-order valence-corrected chi connectivity index (χ4v) is 1.30. The Balaban J connectivity index is 2.06. The molecule has 0 radical (unpaired) electrons. The van der Waals surface area contributed by atoms with Crippen LogP contribution in [-0.2, 0) is 0 Å². The van der Waals surface area contributed by atoms with E-state index in [1.165, 1.54) is 0 Å². The van der Waals surface area contributed by atoms with Gasteiger partial charge in [0.1, 0.15) is 0 Å². The zero-order valence-corrected chi connectivity index (χ0v) is 7.36. The second-order valence-electron chi connectivity index (χ2n) is 3.30. The predicted molar refractivity (Wildman–Crippen MR) is 45.1 cm³/mol. The second-order valence-corrected chi connectivity index (χ2v) is 3.30. The fourth-order valence-electron chi connectivity index (χ4n) is 1.30. The van der Waals surface area contributed by atoms with Crippen molar-refractivity contribution in [1.29, 1.82) is 0 Å². The van der Waals surface area contributed by atoms with E-state index < -0.39 is 0 Å². The molecule has 0 saturated carbocycles. The quantitative estimate of drug-likeness (QED) is 0.649. The third-order valence-corrected chi connectivity index (χ3v) is 2.04. The molecular formula is C8H11N3O2. The summed E-state index contributed by atoms with van der Waals surface area (Å²) in [6, 6.07) is 1.75. The smallest absolute Gasteiger partial charge is 0.292 e. The van der Waals surface area contributed by atoms with Crippen LogP contribution in [0.15, 0.2) is 10.6 Å². The number of nitrogens with two attached hydrogens (primary N) is 1. The normalized spacial score (nSPS) is 17.2. The maximum atomic E-state index is 11.5. The molecule has 2 N–H and O–H groups in total. The minimum absolute atomic E-state index is 0.118. The van der Waals surface area contributed by atoms with Gasteiger partial charge in [-0.05, 0) is 6.92 Å². The first-order valence-electron chi connectivity index (χ1n) is 4.15. The molecule has 0 bridgehead atoms. The summed E-state index contributed by atoms with van der Waals surface area (Å²) >= 11 is 0. The average molecular weight is 181 g/mol. The Morgan fingerprint density at radius 3 is 2.92 bits per heavy atom. The van der Waals surface area contributed by atoms with Crippen LogP contribution < -0.4 is 5.73 Å². The van der Waals surface area contributed by atoms with Gasteiger partial charge < -0.3 is 15.2 Å². The molecule has 5 heteroatoms. The van der Waals surface area contributed by atoms with E-state index in [9.17, 15) is 4.79 Å². The van der Waals surface area contributed by atoms with Gasteiger partial charge in [-0.25, -0.2) is 0 Å². The minimum atomic E-state index is -0.123. The number of carbonyl (C=O) groups excluding carboxylic acids is 1. The topological polar surface area (TPSA) is 72.4 Å². The van der Waals surface area contributed by atoms with Gasteiger partial charge in [0, 0.05) is 25.2 Å². The molecule has 1 aliphatic heterocycles. The van der Waals surface area contributed by atoms with Crippen LogP contribution in [0.3, 0.4) is 0 Å². The second kappa shape index (κ2) is 2.85. The summed E-state index contributed by atoms with van der Waals surface area (Å²) in [5.74, 6) is 0.173. The van der Waals surface area contributed by atoms with E-state index in [-0.39, 0.29) is 11.9 Å². The van der Waals surface area contributed by atoms with E-state index in [0.29, 0.717) is 24.5 Å². The van der Waals surface area contributed by atoms with Crippen LogP contribution in [0.25, 0.3) is 0 Å². The highest BCUT2D eigenvalue weighted by atomic mass is 16.5. The van der Waals surface area contributed by atoms with Crippen molar-refractivity contribution < 1.29 is 9.32 Å². The molecule has 1 aromatic heterocycles. The summed E-state index contributed by atoms with van der Waals surface area (Å²) in [5.41, 5.74) is 6.27. The molecular weight excluding hydrogens is 170 g/mol. The highest BCUT2D eigenvalue weighted by molar-refractivity contribution is 5.92. The number of hydrogen-bond donors (Lipinski definition) is 1. The first-order valence-corrected chi connectivity index (χ1v) is 4.15. The monoisotopic (exact) mass is 181 g/mol. The fraction of sp³-hybridized carbons (Fsp3) is 0.500. The third kappa shape index (κ3) is 1.42. The minimum Gasteiger partial charge on any atom is -0.351 e. The molecule has 0 aromatic carbocycles. The number of likely N-dealkylation sites (tertiary alicyclic amines) is 1. The Kier molecular flexibility index (Phi) is 1.81. The highest BCUT2D eigenvalue weighted by Gasteiger charge is 2.30. The van der Waals surface area contributed by atoms with Crippen molar-refractivity contribution >= 4 is 5.91 Å². The largest absolute Gasteiger partial charge is 0.351 e. The lowest BCUT2D eigenvalue weighted by Crippen LogP contribution is -2.57. The van der Waals surface area contributed by atoms with Crippen LogP contribution in [0.1, 0.15) is 16.2 Å². The molecule has 2 heterocycles. The summed E-state index contributed by atoms with van der Waals surface area (Å²) in [6.07, 6.45) is 0.